The van der Waals surface area contributed by atoms with Crippen molar-refractivity contribution in [3.8, 4) is 0 Å². The molecule has 2 aromatic rings. The van der Waals surface area contributed by atoms with E-state index in [1.807, 2.05) is 6.92 Å². The van der Waals surface area contributed by atoms with E-state index in [9.17, 15) is 22.0 Å². The van der Waals surface area contributed by atoms with Gasteiger partial charge in [-0.3, -0.25) is 9.58 Å². The average Bonchev–Trinajstić information content (AvgIpc) is 3.19. The van der Waals surface area contributed by atoms with E-state index in [1.54, 1.807) is 9.21 Å². The number of carbonyl (C=O) groups excluding carboxylic acids is 1. The standard InChI is InChI=1S/C28H42F2N6O3S.2ClH/c1-5-6-13-35(28(37)31-27-8-7-22(29)18-26(27)30)23-9-14-33(15-10-23)19-25-20(2)32-36(21(25)3)24-11-16-34(17-12-24)40(4,38)39;;/h7-8,18,23-24H,5-6,9-17,19H2,1-4H3,(H,31,37);2*1H. The Labute approximate surface area is 260 Å². The maximum absolute atomic E-state index is 14.2. The molecule has 3 heterocycles. The lowest BCUT2D eigenvalue weighted by Gasteiger charge is -2.38. The third kappa shape index (κ3) is 8.78. The Morgan fingerprint density at radius 1 is 1.07 bits per heavy atom. The number of sulfonamides is 1. The number of nitrogens with zero attached hydrogens (tertiary/aromatic N) is 5. The van der Waals surface area contributed by atoms with Crippen molar-refractivity contribution in [2.45, 2.75) is 77.9 Å². The number of aromatic nitrogens is 2. The summed E-state index contributed by atoms with van der Waals surface area (Å²) >= 11 is 0. The number of aryl methyl sites for hydroxylation is 1. The first kappa shape index (κ1) is 36.2. The van der Waals surface area contributed by atoms with Gasteiger partial charge in [0.25, 0.3) is 0 Å². The fourth-order valence-corrected chi connectivity index (χ4v) is 6.74. The molecule has 42 heavy (non-hydrogen) atoms. The van der Waals surface area contributed by atoms with Crippen molar-refractivity contribution in [1.82, 2.24) is 23.9 Å². The van der Waals surface area contributed by atoms with Gasteiger partial charge in [-0.15, -0.1) is 24.8 Å². The molecule has 4 rings (SSSR count). The summed E-state index contributed by atoms with van der Waals surface area (Å²) in [6, 6.07) is 3.03. The number of carbonyl (C=O) groups is 1. The molecular formula is C28H44Cl2F2N6O3S. The quantitative estimate of drug-likeness (QED) is 0.385. The third-order valence-corrected chi connectivity index (χ3v) is 9.58. The van der Waals surface area contributed by atoms with Crippen LogP contribution in [0, 0.1) is 25.5 Å². The molecule has 2 aliphatic rings. The zero-order chi connectivity index (χ0) is 29.0. The molecule has 2 aliphatic heterocycles. The highest BCUT2D eigenvalue weighted by atomic mass is 35.5. The number of halogens is 4. The summed E-state index contributed by atoms with van der Waals surface area (Å²) in [5, 5.41) is 7.48. The number of piperidine rings is 2. The van der Waals surface area contributed by atoms with Crippen LogP contribution in [0.25, 0.3) is 0 Å². The Kier molecular flexibility index (Phi) is 13.5. The van der Waals surface area contributed by atoms with Crippen LogP contribution in [0.4, 0.5) is 19.3 Å². The van der Waals surface area contributed by atoms with E-state index in [1.165, 1.54) is 17.9 Å². The summed E-state index contributed by atoms with van der Waals surface area (Å²) in [6.07, 6.45) is 6.15. The van der Waals surface area contributed by atoms with Crippen LogP contribution in [-0.4, -0.2) is 83.4 Å². The molecule has 0 bridgehead atoms. The number of rotatable bonds is 9. The SMILES string of the molecule is CCCCN(C(=O)Nc1ccc(F)cc1F)C1CCN(Cc2c(C)nn(C3CCN(S(C)(=O)=O)CC3)c2C)CC1.Cl.Cl. The minimum Gasteiger partial charge on any atom is -0.321 e. The molecule has 0 unspecified atom stereocenters. The fourth-order valence-electron chi connectivity index (χ4n) is 5.87. The summed E-state index contributed by atoms with van der Waals surface area (Å²) < 4.78 is 54.9. The van der Waals surface area contributed by atoms with Crippen molar-refractivity contribution >= 4 is 46.6 Å². The summed E-state index contributed by atoms with van der Waals surface area (Å²) in [5.74, 6) is -1.47. The van der Waals surface area contributed by atoms with Crippen LogP contribution in [0.1, 0.15) is 68.4 Å². The normalized spacial score (nSPS) is 17.4. The maximum Gasteiger partial charge on any atom is 0.322 e. The van der Waals surface area contributed by atoms with Crippen LogP contribution < -0.4 is 5.32 Å². The molecule has 14 heteroatoms. The van der Waals surface area contributed by atoms with Gasteiger partial charge in [-0.1, -0.05) is 13.3 Å². The molecule has 0 saturated carbocycles. The van der Waals surface area contributed by atoms with Crippen molar-refractivity contribution in [1.29, 1.82) is 0 Å². The number of urea groups is 1. The number of anilines is 1. The molecular weight excluding hydrogens is 609 g/mol. The zero-order valence-electron chi connectivity index (χ0n) is 24.8. The Morgan fingerprint density at radius 2 is 1.71 bits per heavy atom. The first-order chi connectivity index (χ1) is 19.0. The van der Waals surface area contributed by atoms with Gasteiger partial charge in [0.05, 0.1) is 23.7 Å². The monoisotopic (exact) mass is 652 g/mol. The van der Waals surface area contributed by atoms with Crippen molar-refractivity contribution in [2.75, 3.05) is 44.3 Å². The molecule has 0 aliphatic carbocycles. The second kappa shape index (κ2) is 15.7. The molecule has 2 amide bonds. The largest absolute Gasteiger partial charge is 0.322 e. The number of unbranched alkanes of at least 4 members (excludes halogenated alkanes) is 1. The van der Waals surface area contributed by atoms with Crippen LogP contribution in [0.5, 0.6) is 0 Å². The van der Waals surface area contributed by atoms with Gasteiger partial charge in [-0.05, 0) is 58.1 Å². The van der Waals surface area contributed by atoms with E-state index in [0.717, 1.165) is 81.7 Å². The van der Waals surface area contributed by atoms with Crippen LogP contribution in [0.2, 0.25) is 0 Å². The molecule has 1 aromatic heterocycles. The minimum atomic E-state index is -3.17. The molecule has 1 aromatic carbocycles. The van der Waals surface area contributed by atoms with E-state index in [4.69, 9.17) is 5.10 Å². The molecule has 0 spiro atoms. The van der Waals surface area contributed by atoms with Gasteiger partial charge in [-0.25, -0.2) is 26.3 Å². The molecule has 9 nitrogen and oxygen atoms in total. The second-order valence-electron chi connectivity index (χ2n) is 11.1. The first-order valence-electron chi connectivity index (χ1n) is 14.2. The van der Waals surface area contributed by atoms with Crippen molar-refractivity contribution in [2.24, 2.45) is 0 Å². The molecule has 2 saturated heterocycles. The Morgan fingerprint density at radius 3 is 2.29 bits per heavy atom. The number of nitrogens with one attached hydrogen (secondary N) is 1. The van der Waals surface area contributed by atoms with E-state index >= 15 is 0 Å². The Bertz CT molecular complexity index is 1300. The van der Waals surface area contributed by atoms with Gasteiger partial charge < -0.3 is 10.2 Å². The second-order valence-corrected chi connectivity index (χ2v) is 13.1. The number of hydrogen-bond donors (Lipinski definition) is 1. The summed E-state index contributed by atoms with van der Waals surface area (Å²) in [5.41, 5.74) is 3.31. The van der Waals surface area contributed by atoms with Crippen LogP contribution >= 0.6 is 24.8 Å². The van der Waals surface area contributed by atoms with Crippen molar-refractivity contribution in [3.05, 3.63) is 46.8 Å². The Balaban J connectivity index is 0.00000308. The predicted molar refractivity (Wildman–Crippen MR) is 166 cm³/mol. The number of hydrogen-bond acceptors (Lipinski definition) is 5. The topological polar surface area (TPSA) is 90.8 Å². The summed E-state index contributed by atoms with van der Waals surface area (Å²) in [6.45, 7) is 10.2. The highest BCUT2D eigenvalue weighted by Gasteiger charge is 2.31. The first-order valence-corrected chi connectivity index (χ1v) is 16.1. The molecule has 238 valence electrons. The highest BCUT2D eigenvalue weighted by Crippen LogP contribution is 2.29. The lowest BCUT2D eigenvalue weighted by molar-refractivity contribution is 0.122. The lowest BCUT2D eigenvalue weighted by Crippen LogP contribution is -2.49. The van der Waals surface area contributed by atoms with E-state index in [2.05, 4.69) is 28.7 Å². The van der Waals surface area contributed by atoms with Gasteiger partial charge in [-0.2, -0.15) is 5.10 Å². The van der Waals surface area contributed by atoms with E-state index < -0.39 is 21.7 Å². The summed E-state index contributed by atoms with van der Waals surface area (Å²) in [4.78, 5) is 17.3. The highest BCUT2D eigenvalue weighted by molar-refractivity contribution is 7.88. The van der Waals surface area contributed by atoms with E-state index in [0.29, 0.717) is 19.6 Å². The van der Waals surface area contributed by atoms with Crippen molar-refractivity contribution < 1.29 is 22.0 Å². The number of likely N-dealkylation sites (tertiary alicyclic amines) is 1. The summed E-state index contributed by atoms with van der Waals surface area (Å²) in [7, 11) is -3.17. The lowest BCUT2D eigenvalue weighted by atomic mass is 10.0. The number of amides is 2. The van der Waals surface area contributed by atoms with Gasteiger partial charge >= 0.3 is 6.03 Å². The predicted octanol–water partition coefficient (Wildman–Crippen LogP) is 5.52. The fraction of sp³-hybridized carbons (Fsp3) is 0.643. The molecule has 0 radical (unpaired) electrons. The minimum absolute atomic E-state index is 0. The van der Waals surface area contributed by atoms with Gasteiger partial charge in [0, 0.05) is 62.6 Å². The van der Waals surface area contributed by atoms with Gasteiger partial charge in [0.1, 0.15) is 11.6 Å². The third-order valence-electron chi connectivity index (χ3n) is 8.28. The van der Waals surface area contributed by atoms with Crippen LogP contribution in [0.15, 0.2) is 18.2 Å². The van der Waals surface area contributed by atoms with Gasteiger partial charge in [0.2, 0.25) is 10.0 Å². The maximum atomic E-state index is 14.2. The van der Waals surface area contributed by atoms with E-state index in [-0.39, 0.29) is 48.6 Å². The van der Waals surface area contributed by atoms with Crippen LogP contribution in [0.3, 0.4) is 0 Å². The number of benzene rings is 1. The molecule has 0 atom stereocenters. The molecule has 1 N–H and O–H groups in total. The molecule has 2 fully saturated rings. The smallest absolute Gasteiger partial charge is 0.321 e. The average molecular weight is 654 g/mol. The zero-order valence-corrected chi connectivity index (χ0v) is 27.3. The van der Waals surface area contributed by atoms with Crippen LogP contribution in [-0.2, 0) is 16.6 Å². The van der Waals surface area contributed by atoms with Gasteiger partial charge in [0.15, 0.2) is 0 Å². The Hall–Kier alpha value is -1.99. The van der Waals surface area contributed by atoms with Crippen molar-refractivity contribution in [3.63, 3.8) is 0 Å².